The molecule has 21 heavy (non-hydrogen) atoms. The zero-order valence-electron chi connectivity index (χ0n) is 13.1. The maximum absolute atomic E-state index is 5.72. The largest absolute Gasteiger partial charge is 0.484 e. The lowest BCUT2D eigenvalue weighted by Crippen LogP contribution is -2.22. The van der Waals surface area contributed by atoms with Gasteiger partial charge >= 0.3 is 0 Å². The molecule has 0 unspecified atom stereocenters. The van der Waals surface area contributed by atoms with Crippen molar-refractivity contribution >= 4 is 0 Å². The molecule has 2 aromatic rings. The highest BCUT2D eigenvalue weighted by molar-refractivity contribution is 5.20. The van der Waals surface area contributed by atoms with Gasteiger partial charge in [0.05, 0.1) is 11.9 Å². The van der Waals surface area contributed by atoms with Crippen molar-refractivity contribution in [2.45, 2.75) is 52.9 Å². The lowest BCUT2D eigenvalue weighted by molar-refractivity contribution is 0.281. The first kappa shape index (κ1) is 15.4. The molecule has 0 aliphatic heterocycles. The number of pyridine rings is 1. The Kier molecular flexibility index (Phi) is 5.27. The van der Waals surface area contributed by atoms with Gasteiger partial charge in [0.1, 0.15) is 18.7 Å². The van der Waals surface area contributed by atoms with Crippen molar-refractivity contribution in [1.82, 2.24) is 25.1 Å². The smallest absolute Gasteiger partial charge is 0.165 e. The number of aromatic nitrogens is 4. The van der Waals surface area contributed by atoms with E-state index in [0.717, 1.165) is 23.8 Å². The van der Waals surface area contributed by atoms with Crippen molar-refractivity contribution in [2.24, 2.45) is 0 Å². The molecular weight excluding hydrogens is 266 g/mol. The predicted octanol–water partition coefficient (Wildman–Crippen LogP) is 2.33. The number of hydrogen-bond donors (Lipinski definition) is 1. The quantitative estimate of drug-likeness (QED) is 0.847. The van der Waals surface area contributed by atoms with Crippen LogP contribution in [0.15, 0.2) is 24.7 Å². The summed E-state index contributed by atoms with van der Waals surface area (Å²) in [5, 5.41) is 7.52. The summed E-state index contributed by atoms with van der Waals surface area (Å²) in [5.74, 6) is 1.55. The molecule has 0 fully saturated rings. The lowest BCUT2D eigenvalue weighted by Gasteiger charge is -2.11. The standard InChI is InChI=1S/C15H23N5O/c1-11(2)16-7-13-5-6-14(8-17-13)21-9-15-18-10-19-20(15)12(3)4/h5-6,8,10-12,16H,7,9H2,1-4H3. The minimum Gasteiger partial charge on any atom is -0.484 e. The Labute approximate surface area is 125 Å². The van der Waals surface area contributed by atoms with E-state index in [1.807, 2.05) is 16.8 Å². The molecule has 0 spiro atoms. The van der Waals surface area contributed by atoms with Crippen molar-refractivity contribution in [1.29, 1.82) is 0 Å². The molecule has 0 amide bonds. The van der Waals surface area contributed by atoms with Crippen LogP contribution in [0, 0.1) is 0 Å². The zero-order valence-corrected chi connectivity index (χ0v) is 13.1. The van der Waals surface area contributed by atoms with Gasteiger partial charge < -0.3 is 10.1 Å². The van der Waals surface area contributed by atoms with Gasteiger partial charge in [-0.2, -0.15) is 5.10 Å². The third-order valence-electron chi connectivity index (χ3n) is 2.99. The molecule has 0 aliphatic carbocycles. The van der Waals surface area contributed by atoms with Gasteiger partial charge in [-0.1, -0.05) is 13.8 Å². The van der Waals surface area contributed by atoms with Crippen molar-refractivity contribution in [3.63, 3.8) is 0 Å². The number of hydrogen-bond acceptors (Lipinski definition) is 5. The first-order valence-corrected chi connectivity index (χ1v) is 7.25. The highest BCUT2D eigenvalue weighted by atomic mass is 16.5. The van der Waals surface area contributed by atoms with Crippen molar-refractivity contribution < 1.29 is 4.74 Å². The molecule has 0 radical (unpaired) electrons. The molecule has 0 saturated carbocycles. The Morgan fingerprint density at radius 1 is 1.19 bits per heavy atom. The Balaban J connectivity index is 1.90. The summed E-state index contributed by atoms with van der Waals surface area (Å²) in [6, 6.07) is 4.62. The Morgan fingerprint density at radius 3 is 2.62 bits per heavy atom. The van der Waals surface area contributed by atoms with Crippen LogP contribution in [0.5, 0.6) is 5.75 Å². The normalized spacial score (nSPS) is 11.3. The predicted molar refractivity (Wildman–Crippen MR) is 81.0 cm³/mol. The number of rotatable bonds is 7. The molecule has 2 aromatic heterocycles. The second-order valence-corrected chi connectivity index (χ2v) is 5.52. The van der Waals surface area contributed by atoms with E-state index < -0.39 is 0 Å². The molecule has 0 aromatic carbocycles. The summed E-state index contributed by atoms with van der Waals surface area (Å²) in [4.78, 5) is 8.59. The number of nitrogens with zero attached hydrogens (tertiary/aromatic N) is 4. The fourth-order valence-electron chi connectivity index (χ4n) is 1.87. The summed E-state index contributed by atoms with van der Waals surface area (Å²) in [5.41, 5.74) is 1.00. The van der Waals surface area contributed by atoms with E-state index in [1.54, 1.807) is 12.5 Å². The van der Waals surface area contributed by atoms with Crippen molar-refractivity contribution in [3.8, 4) is 5.75 Å². The van der Waals surface area contributed by atoms with Crippen LogP contribution in [-0.2, 0) is 13.2 Å². The number of nitrogens with one attached hydrogen (secondary N) is 1. The van der Waals surface area contributed by atoms with Gasteiger partial charge in [-0.25, -0.2) is 9.67 Å². The van der Waals surface area contributed by atoms with Crippen LogP contribution in [0.2, 0.25) is 0 Å². The maximum atomic E-state index is 5.72. The second-order valence-electron chi connectivity index (χ2n) is 5.52. The van der Waals surface area contributed by atoms with Gasteiger partial charge in [-0.15, -0.1) is 0 Å². The summed E-state index contributed by atoms with van der Waals surface area (Å²) in [6.45, 7) is 9.51. The van der Waals surface area contributed by atoms with Gasteiger partial charge in [0.2, 0.25) is 0 Å². The Hall–Kier alpha value is -1.95. The molecule has 114 valence electrons. The minimum absolute atomic E-state index is 0.272. The summed E-state index contributed by atoms with van der Waals surface area (Å²) >= 11 is 0. The molecule has 6 nitrogen and oxygen atoms in total. The fourth-order valence-corrected chi connectivity index (χ4v) is 1.87. The average molecular weight is 289 g/mol. The Bertz CT molecular complexity index is 547. The highest BCUT2D eigenvalue weighted by Crippen LogP contribution is 2.12. The highest BCUT2D eigenvalue weighted by Gasteiger charge is 2.08. The molecule has 0 saturated heterocycles. The van der Waals surface area contributed by atoms with Crippen LogP contribution in [0.1, 0.15) is 45.3 Å². The van der Waals surface area contributed by atoms with E-state index in [-0.39, 0.29) is 6.04 Å². The Morgan fingerprint density at radius 2 is 2.00 bits per heavy atom. The lowest BCUT2D eigenvalue weighted by atomic mass is 10.3. The van der Waals surface area contributed by atoms with Gasteiger partial charge in [0.15, 0.2) is 5.82 Å². The molecule has 0 atom stereocenters. The molecule has 1 N–H and O–H groups in total. The van der Waals surface area contributed by atoms with E-state index in [2.05, 4.69) is 48.1 Å². The summed E-state index contributed by atoms with van der Waals surface area (Å²) in [7, 11) is 0. The molecule has 0 aliphatic rings. The zero-order chi connectivity index (χ0) is 15.2. The van der Waals surface area contributed by atoms with Gasteiger partial charge in [0, 0.05) is 18.6 Å². The van der Waals surface area contributed by atoms with Crippen LogP contribution >= 0.6 is 0 Å². The van der Waals surface area contributed by atoms with Crippen LogP contribution in [0.3, 0.4) is 0 Å². The van der Waals surface area contributed by atoms with E-state index >= 15 is 0 Å². The van der Waals surface area contributed by atoms with Crippen LogP contribution < -0.4 is 10.1 Å². The van der Waals surface area contributed by atoms with Gasteiger partial charge in [-0.05, 0) is 26.0 Å². The SMILES string of the molecule is CC(C)NCc1ccc(OCc2ncnn2C(C)C)cn1. The maximum Gasteiger partial charge on any atom is 0.165 e. The van der Waals surface area contributed by atoms with Crippen molar-refractivity contribution in [3.05, 3.63) is 36.2 Å². The van der Waals surface area contributed by atoms with Crippen LogP contribution in [0.4, 0.5) is 0 Å². The van der Waals surface area contributed by atoms with Gasteiger partial charge in [-0.3, -0.25) is 4.98 Å². The third-order valence-corrected chi connectivity index (χ3v) is 2.99. The van der Waals surface area contributed by atoms with Crippen molar-refractivity contribution in [2.75, 3.05) is 0 Å². The first-order valence-electron chi connectivity index (χ1n) is 7.25. The summed E-state index contributed by atoms with van der Waals surface area (Å²) in [6.07, 6.45) is 3.30. The average Bonchev–Trinajstić information content (AvgIpc) is 2.92. The molecule has 0 bridgehead atoms. The van der Waals surface area contributed by atoms with E-state index in [0.29, 0.717) is 12.6 Å². The number of ether oxygens (including phenoxy) is 1. The molecule has 2 rings (SSSR count). The van der Waals surface area contributed by atoms with Gasteiger partial charge in [0.25, 0.3) is 0 Å². The third kappa shape index (κ3) is 4.53. The van der Waals surface area contributed by atoms with Crippen LogP contribution in [-0.4, -0.2) is 25.8 Å². The second kappa shape index (κ2) is 7.17. The monoisotopic (exact) mass is 289 g/mol. The molecule has 2 heterocycles. The fraction of sp³-hybridized carbons (Fsp3) is 0.533. The summed E-state index contributed by atoms with van der Waals surface area (Å²) < 4.78 is 7.57. The molecular formula is C15H23N5O. The van der Waals surface area contributed by atoms with Crippen LogP contribution in [0.25, 0.3) is 0 Å². The topological polar surface area (TPSA) is 64.9 Å². The van der Waals surface area contributed by atoms with E-state index in [9.17, 15) is 0 Å². The minimum atomic E-state index is 0.272. The first-order chi connectivity index (χ1) is 10.1. The molecule has 6 heteroatoms. The van der Waals surface area contributed by atoms with E-state index in [4.69, 9.17) is 4.74 Å². The van der Waals surface area contributed by atoms with E-state index in [1.165, 1.54) is 0 Å².